The number of hydrogen-bond donors (Lipinski definition) is 0. The van der Waals surface area contributed by atoms with Crippen LogP contribution in [-0.2, 0) is 6.11 Å². The minimum atomic E-state index is -4.42. The summed E-state index contributed by atoms with van der Waals surface area (Å²) in [5, 5.41) is 0. The van der Waals surface area contributed by atoms with Gasteiger partial charge in [-0.15, -0.1) is 0 Å². The van der Waals surface area contributed by atoms with E-state index in [0.717, 1.165) is 12.1 Å². The largest absolute Gasteiger partial charge is 0.429 e. The van der Waals surface area contributed by atoms with Crippen LogP contribution in [0.3, 0.4) is 0 Å². The lowest BCUT2D eigenvalue weighted by molar-refractivity contribution is -0.187. The van der Waals surface area contributed by atoms with Crippen LogP contribution in [-0.4, -0.2) is 0 Å². The molecular formula is C31H21F9O. The van der Waals surface area contributed by atoms with E-state index in [-0.39, 0.29) is 35.2 Å². The molecule has 0 aliphatic heterocycles. The highest BCUT2D eigenvalue weighted by Crippen LogP contribution is 2.37. The fourth-order valence-corrected chi connectivity index (χ4v) is 4.05. The zero-order valence-corrected chi connectivity index (χ0v) is 21.4. The Labute approximate surface area is 229 Å². The number of allylic oxidation sites excluding steroid dienone is 1. The Morgan fingerprint density at radius 1 is 0.683 bits per heavy atom. The third-order valence-corrected chi connectivity index (χ3v) is 6.23. The third-order valence-electron chi connectivity index (χ3n) is 6.23. The lowest BCUT2D eigenvalue weighted by atomic mass is 9.97. The molecule has 0 heterocycles. The van der Waals surface area contributed by atoms with Gasteiger partial charge in [-0.25, -0.2) is 30.7 Å². The van der Waals surface area contributed by atoms with E-state index in [2.05, 4.69) is 4.74 Å². The quantitative estimate of drug-likeness (QED) is 0.141. The maximum absolute atomic E-state index is 15.0. The minimum absolute atomic E-state index is 0.0167. The Kier molecular flexibility index (Phi) is 8.80. The number of rotatable bonds is 9. The number of ether oxygens (including phenoxy) is 1. The second-order valence-electron chi connectivity index (χ2n) is 9.11. The molecule has 0 atom stereocenters. The Bertz CT molecular complexity index is 1570. The van der Waals surface area contributed by atoms with Crippen LogP contribution in [0.1, 0.15) is 37.3 Å². The molecule has 0 radical (unpaired) electrons. The van der Waals surface area contributed by atoms with Crippen molar-refractivity contribution in [3.8, 4) is 28.0 Å². The zero-order chi connectivity index (χ0) is 29.9. The number of unbranched alkanes of at least 4 members (excludes halogenated alkanes) is 1. The summed E-state index contributed by atoms with van der Waals surface area (Å²) in [6, 6.07) is 12.2. The van der Waals surface area contributed by atoms with Crippen LogP contribution in [0, 0.1) is 29.1 Å². The van der Waals surface area contributed by atoms with Crippen molar-refractivity contribution in [1.29, 1.82) is 0 Å². The molecule has 41 heavy (non-hydrogen) atoms. The highest BCUT2D eigenvalue weighted by molar-refractivity contribution is 5.73. The molecule has 0 spiro atoms. The molecule has 0 saturated carbocycles. The monoisotopic (exact) mass is 580 g/mol. The Morgan fingerprint density at radius 2 is 1.27 bits per heavy atom. The normalized spacial score (nSPS) is 12.3. The van der Waals surface area contributed by atoms with Gasteiger partial charge in [0.05, 0.1) is 5.56 Å². The van der Waals surface area contributed by atoms with E-state index < -0.39 is 58.2 Å². The Hall–Kier alpha value is -4.21. The van der Waals surface area contributed by atoms with E-state index in [1.165, 1.54) is 36.4 Å². The van der Waals surface area contributed by atoms with Gasteiger partial charge in [-0.05, 0) is 41.3 Å². The Morgan fingerprint density at radius 3 is 1.85 bits per heavy atom. The molecule has 4 aromatic rings. The second kappa shape index (κ2) is 12.1. The van der Waals surface area contributed by atoms with Gasteiger partial charge in [0, 0.05) is 29.7 Å². The summed E-state index contributed by atoms with van der Waals surface area (Å²) >= 11 is 0. The van der Waals surface area contributed by atoms with E-state index in [4.69, 9.17) is 0 Å². The maximum Gasteiger partial charge on any atom is 0.429 e. The molecule has 0 aliphatic rings. The van der Waals surface area contributed by atoms with Crippen molar-refractivity contribution in [3.05, 3.63) is 119 Å². The topological polar surface area (TPSA) is 9.23 Å². The van der Waals surface area contributed by atoms with Crippen LogP contribution >= 0.6 is 0 Å². The van der Waals surface area contributed by atoms with Gasteiger partial charge >= 0.3 is 6.11 Å². The first kappa shape index (κ1) is 29.8. The smallest absolute Gasteiger partial charge is 0.429 e. The summed E-state index contributed by atoms with van der Waals surface area (Å²) in [7, 11) is 0. The van der Waals surface area contributed by atoms with Gasteiger partial charge in [-0.3, -0.25) is 0 Å². The van der Waals surface area contributed by atoms with Gasteiger partial charge in [-0.2, -0.15) is 8.78 Å². The summed E-state index contributed by atoms with van der Waals surface area (Å²) < 4.78 is 131. The number of hydrogen-bond acceptors (Lipinski definition) is 1. The second-order valence-corrected chi connectivity index (χ2v) is 9.11. The highest BCUT2D eigenvalue weighted by Gasteiger charge is 2.38. The zero-order valence-electron chi connectivity index (χ0n) is 21.4. The van der Waals surface area contributed by atoms with Crippen LogP contribution < -0.4 is 4.74 Å². The van der Waals surface area contributed by atoms with E-state index in [0.29, 0.717) is 36.1 Å². The fraction of sp³-hybridized carbons (Fsp3) is 0.161. The highest BCUT2D eigenvalue weighted by atomic mass is 19.3. The molecule has 0 bridgehead atoms. The average molecular weight is 580 g/mol. The van der Waals surface area contributed by atoms with Gasteiger partial charge in [0.2, 0.25) is 0 Å². The van der Waals surface area contributed by atoms with Gasteiger partial charge in [0.15, 0.2) is 23.3 Å². The van der Waals surface area contributed by atoms with Crippen LogP contribution in [0.2, 0.25) is 0 Å². The molecule has 10 heteroatoms. The molecule has 0 N–H and O–H groups in total. The lowest BCUT2D eigenvalue weighted by Gasteiger charge is -2.19. The van der Waals surface area contributed by atoms with Crippen molar-refractivity contribution in [2.24, 2.45) is 0 Å². The summed E-state index contributed by atoms with van der Waals surface area (Å²) in [4.78, 5) is 0. The van der Waals surface area contributed by atoms with E-state index in [9.17, 15) is 35.1 Å². The first-order valence-electron chi connectivity index (χ1n) is 12.4. The van der Waals surface area contributed by atoms with Crippen molar-refractivity contribution in [3.63, 3.8) is 0 Å². The van der Waals surface area contributed by atoms with Gasteiger partial charge in [0.1, 0.15) is 23.2 Å². The minimum Gasteiger partial charge on any atom is -0.429 e. The van der Waals surface area contributed by atoms with E-state index >= 15 is 4.39 Å². The summed E-state index contributed by atoms with van der Waals surface area (Å²) in [6.07, 6.45) is -3.22. The molecular weight excluding hydrogens is 559 g/mol. The SMILES string of the molecule is CCCC/C(F)=C(\F)c1ccc(-c2ccc(-c3ccc(C(F)(F)Oc4cc(F)c(F)c(F)c4)c(F)c3)c(F)c2)cc1. The molecule has 0 unspecified atom stereocenters. The van der Waals surface area contributed by atoms with Crippen LogP contribution in [0.25, 0.3) is 28.1 Å². The van der Waals surface area contributed by atoms with Gasteiger partial charge in [0.25, 0.3) is 0 Å². The maximum atomic E-state index is 15.0. The predicted octanol–water partition coefficient (Wildman–Crippen LogP) is 10.6. The lowest BCUT2D eigenvalue weighted by Crippen LogP contribution is -2.23. The van der Waals surface area contributed by atoms with E-state index in [1.807, 2.05) is 6.92 Å². The van der Waals surface area contributed by atoms with Crippen LogP contribution in [0.4, 0.5) is 39.5 Å². The summed E-state index contributed by atoms with van der Waals surface area (Å²) in [5.74, 6) is -10.7. The van der Waals surface area contributed by atoms with Crippen LogP contribution in [0.5, 0.6) is 5.75 Å². The van der Waals surface area contributed by atoms with Crippen molar-refractivity contribution in [1.82, 2.24) is 0 Å². The third kappa shape index (κ3) is 6.58. The van der Waals surface area contributed by atoms with Crippen molar-refractivity contribution in [2.45, 2.75) is 32.3 Å². The van der Waals surface area contributed by atoms with Crippen LogP contribution in [0.15, 0.2) is 78.6 Å². The molecule has 1 nitrogen and oxygen atoms in total. The first-order chi connectivity index (χ1) is 19.4. The molecule has 4 aromatic carbocycles. The van der Waals surface area contributed by atoms with Gasteiger partial charge < -0.3 is 4.74 Å². The first-order valence-corrected chi connectivity index (χ1v) is 12.4. The number of alkyl halides is 2. The Balaban J connectivity index is 1.55. The molecule has 214 valence electrons. The van der Waals surface area contributed by atoms with Crippen molar-refractivity contribution >= 4 is 5.83 Å². The number of halogens is 9. The summed E-state index contributed by atoms with van der Waals surface area (Å²) in [6.45, 7) is 1.86. The van der Waals surface area contributed by atoms with E-state index in [1.54, 1.807) is 0 Å². The molecule has 4 rings (SSSR count). The molecule has 0 amide bonds. The molecule has 0 saturated heterocycles. The predicted molar refractivity (Wildman–Crippen MR) is 137 cm³/mol. The van der Waals surface area contributed by atoms with Gasteiger partial charge in [-0.1, -0.05) is 55.8 Å². The summed E-state index contributed by atoms with van der Waals surface area (Å²) in [5.41, 5.74) is -0.663. The number of benzene rings is 4. The molecule has 0 aromatic heterocycles. The molecule has 0 aliphatic carbocycles. The average Bonchev–Trinajstić information content (AvgIpc) is 2.93. The standard InChI is InChI=1S/C31H21F9O/c1-2-3-4-24(32)29(37)18-7-5-17(6-8-18)19-9-11-22(25(33)13-19)20-10-12-23(26(34)14-20)31(39,40)41-21-15-27(35)30(38)28(36)16-21/h5-16H,2-4H2,1H3/b29-24+. The van der Waals surface area contributed by atoms with Crippen molar-refractivity contribution in [2.75, 3.05) is 0 Å². The molecule has 0 fully saturated rings. The fourth-order valence-electron chi connectivity index (χ4n) is 4.05. The van der Waals surface area contributed by atoms with Crippen molar-refractivity contribution < 1.29 is 44.3 Å².